The molecule has 0 radical (unpaired) electrons. The number of nitrogens with two attached hydrogens (primary N) is 1. The number of hydrogen-bond donors (Lipinski definition) is 3. The van der Waals surface area contributed by atoms with Crippen molar-refractivity contribution < 1.29 is 19.4 Å². The number of aliphatic hydroxyl groups excluding tert-OH is 1. The van der Waals surface area contributed by atoms with E-state index in [4.69, 9.17) is 15.9 Å². The molecular weight excluding hydrogens is 129 g/mol. The van der Waals surface area contributed by atoms with Crippen molar-refractivity contribution in [2.24, 2.45) is 5.73 Å². The van der Waals surface area contributed by atoms with Crippen LogP contribution in [0.4, 0.5) is 4.39 Å². The lowest BCUT2D eigenvalue weighted by atomic mass is 10.2. The number of halogens is 1. The molecule has 9 heavy (non-hydrogen) atoms. The first-order valence-corrected chi connectivity index (χ1v) is 2.32. The lowest BCUT2D eigenvalue weighted by Crippen LogP contribution is -2.42. The molecule has 0 fully saturated rings. The summed E-state index contributed by atoms with van der Waals surface area (Å²) < 4.78 is 11.4. The van der Waals surface area contributed by atoms with Gasteiger partial charge in [0.2, 0.25) is 0 Å². The van der Waals surface area contributed by atoms with Gasteiger partial charge in [0, 0.05) is 0 Å². The minimum absolute atomic E-state index is 1.13. The molecule has 5 heteroatoms. The van der Waals surface area contributed by atoms with Gasteiger partial charge in [-0.1, -0.05) is 0 Å². The molecule has 0 saturated carbocycles. The van der Waals surface area contributed by atoms with E-state index in [1.54, 1.807) is 0 Å². The number of rotatable bonds is 3. The summed E-state index contributed by atoms with van der Waals surface area (Å²) in [5.74, 6) is -1.40. The van der Waals surface area contributed by atoms with Gasteiger partial charge >= 0.3 is 5.97 Å². The predicted molar refractivity (Wildman–Crippen MR) is 27.6 cm³/mol. The predicted octanol–water partition coefficient (Wildman–Crippen LogP) is -1.27. The Kier molecular flexibility index (Phi) is 3.11. The van der Waals surface area contributed by atoms with Gasteiger partial charge in [0.05, 0.1) is 0 Å². The Labute approximate surface area is 51.1 Å². The summed E-state index contributed by atoms with van der Waals surface area (Å²) in [4.78, 5) is 9.85. The second-order valence-electron chi connectivity index (χ2n) is 1.59. The normalized spacial score (nSPS) is 16.8. The average Bonchev–Trinajstić information content (AvgIpc) is 1.84. The molecule has 4 N–H and O–H groups in total. The molecule has 54 valence electrons. The Bertz CT molecular complexity index is 108. The molecule has 0 unspecified atom stereocenters. The van der Waals surface area contributed by atoms with E-state index in [2.05, 4.69) is 0 Å². The van der Waals surface area contributed by atoms with Crippen LogP contribution in [0.3, 0.4) is 0 Å². The molecule has 0 spiro atoms. The summed E-state index contributed by atoms with van der Waals surface area (Å²) in [5, 5.41) is 16.4. The second kappa shape index (κ2) is 3.37. The van der Waals surface area contributed by atoms with Gasteiger partial charge in [0.25, 0.3) is 0 Å². The minimum atomic E-state index is -1.59. The zero-order valence-corrected chi connectivity index (χ0v) is 4.62. The summed E-state index contributed by atoms with van der Waals surface area (Å²) in [6.07, 6.45) is -1.59. The maximum Gasteiger partial charge on any atom is 0.323 e. The quantitative estimate of drug-likeness (QED) is 0.452. The third kappa shape index (κ3) is 2.39. The third-order valence-electron chi connectivity index (χ3n) is 0.858. The Hall–Kier alpha value is -0.680. The second-order valence-corrected chi connectivity index (χ2v) is 1.59. The van der Waals surface area contributed by atoms with Crippen LogP contribution in [0.1, 0.15) is 0 Å². The molecule has 0 aromatic heterocycles. The molecule has 0 aromatic carbocycles. The number of carbonyl (C=O) groups is 1. The molecule has 0 aliphatic rings. The highest BCUT2D eigenvalue weighted by molar-refractivity contribution is 5.73. The SMILES string of the molecule is N[C@@H](C(=O)O)[C@@H](O)CF. The van der Waals surface area contributed by atoms with Crippen molar-refractivity contribution in [2.75, 3.05) is 6.67 Å². The van der Waals surface area contributed by atoms with Crippen molar-refractivity contribution in [2.45, 2.75) is 12.1 Å². The fourth-order valence-corrected chi connectivity index (χ4v) is 0.261. The van der Waals surface area contributed by atoms with Crippen molar-refractivity contribution in [1.29, 1.82) is 0 Å². The average molecular weight is 137 g/mol. The third-order valence-corrected chi connectivity index (χ3v) is 0.858. The van der Waals surface area contributed by atoms with Crippen molar-refractivity contribution in [1.82, 2.24) is 0 Å². The van der Waals surface area contributed by atoms with Crippen LogP contribution in [0, 0.1) is 0 Å². The number of aliphatic hydroxyl groups is 1. The van der Waals surface area contributed by atoms with Gasteiger partial charge in [0.1, 0.15) is 18.8 Å². The summed E-state index contributed by atoms with van der Waals surface area (Å²) in [6, 6.07) is -1.52. The van der Waals surface area contributed by atoms with E-state index in [0.29, 0.717) is 0 Å². The smallest absolute Gasteiger partial charge is 0.323 e. The highest BCUT2D eigenvalue weighted by Gasteiger charge is 2.20. The Morgan fingerprint density at radius 3 is 2.33 bits per heavy atom. The summed E-state index contributed by atoms with van der Waals surface area (Å²) in [6.45, 7) is -1.13. The molecule has 0 heterocycles. The van der Waals surface area contributed by atoms with E-state index in [1.165, 1.54) is 0 Å². The molecule has 2 atom stereocenters. The van der Waals surface area contributed by atoms with Gasteiger partial charge in [-0.25, -0.2) is 4.39 Å². The fraction of sp³-hybridized carbons (Fsp3) is 0.750. The molecule has 0 aliphatic heterocycles. The number of carboxylic acid groups (broad SMARTS) is 1. The maximum absolute atomic E-state index is 11.4. The Balaban J connectivity index is 3.72. The zero-order valence-electron chi connectivity index (χ0n) is 4.62. The van der Waals surface area contributed by atoms with Crippen LogP contribution in [0.15, 0.2) is 0 Å². The van der Waals surface area contributed by atoms with Crippen LogP contribution in [-0.4, -0.2) is 35.0 Å². The molecular formula is C4H8FNO3. The van der Waals surface area contributed by atoms with Crippen LogP contribution in [0.2, 0.25) is 0 Å². The van der Waals surface area contributed by atoms with E-state index in [1.807, 2.05) is 0 Å². The van der Waals surface area contributed by atoms with E-state index in [0.717, 1.165) is 0 Å². The molecule has 4 nitrogen and oxygen atoms in total. The molecule has 0 rings (SSSR count). The zero-order chi connectivity index (χ0) is 7.44. The lowest BCUT2D eigenvalue weighted by Gasteiger charge is -2.09. The van der Waals surface area contributed by atoms with Crippen molar-refractivity contribution >= 4 is 5.97 Å². The lowest BCUT2D eigenvalue weighted by molar-refractivity contribution is -0.141. The maximum atomic E-state index is 11.4. The summed E-state index contributed by atoms with van der Waals surface area (Å²) >= 11 is 0. The van der Waals surface area contributed by atoms with Crippen LogP contribution >= 0.6 is 0 Å². The molecule has 0 bridgehead atoms. The standard InChI is InChI=1S/C4H8FNO3/c5-1-2(7)3(6)4(8)9/h2-3,7H,1,6H2,(H,8,9)/t2-,3+/m0/s1. The monoisotopic (exact) mass is 137 g/mol. The number of aliphatic carboxylic acids is 1. The first-order valence-electron chi connectivity index (χ1n) is 2.32. The van der Waals surface area contributed by atoms with Crippen molar-refractivity contribution in [3.63, 3.8) is 0 Å². The molecule has 0 aliphatic carbocycles. The Morgan fingerprint density at radius 1 is 1.78 bits per heavy atom. The highest BCUT2D eigenvalue weighted by atomic mass is 19.1. The first kappa shape index (κ1) is 8.32. The Morgan fingerprint density at radius 2 is 2.22 bits per heavy atom. The topological polar surface area (TPSA) is 83.6 Å². The number of alkyl halides is 1. The van der Waals surface area contributed by atoms with Gasteiger partial charge in [-0.15, -0.1) is 0 Å². The van der Waals surface area contributed by atoms with Crippen molar-refractivity contribution in [3.8, 4) is 0 Å². The van der Waals surface area contributed by atoms with Gasteiger partial charge in [-0.05, 0) is 0 Å². The molecule has 0 aromatic rings. The van der Waals surface area contributed by atoms with Crippen LogP contribution in [-0.2, 0) is 4.79 Å². The van der Waals surface area contributed by atoms with Crippen molar-refractivity contribution in [3.05, 3.63) is 0 Å². The van der Waals surface area contributed by atoms with Gasteiger partial charge < -0.3 is 15.9 Å². The summed E-state index contributed by atoms with van der Waals surface area (Å²) in [5.41, 5.74) is 4.78. The van der Waals surface area contributed by atoms with Gasteiger partial charge in [-0.3, -0.25) is 4.79 Å². The van der Waals surface area contributed by atoms with Crippen LogP contribution in [0.25, 0.3) is 0 Å². The van der Waals surface area contributed by atoms with E-state index in [-0.39, 0.29) is 0 Å². The van der Waals surface area contributed by atoms with Crippen LogP contribution < -0.4 is 5.73 Å². The van der Waals surface area contributed by atoms with Crippen LogP contribution in [0.5, 0.6) is 0 Å². The molecule has 0 saturated heterocycles. The van der Waals surface area contributed by atoms with Gasteiger partial charge in [-0.2, -0.15) is 0 Å². The van der Waals surface area contributed by atoms with Gasteiger partial charge in [0.15, 0.2) is 0 Å². The largest absolute Gasteiger partial charge is 0.480 e. The molecule has 0 amide bonds. The first-order chi connectivity index (χ1) is 4.09. The summed E-state index contributed by atoms with van der Waals surface area (Å²) in [7, 11) is 0. The van der Waals surface area contributed by atoms with E-state index in [9.17, 15) is 9.18 Å². The number of carboxylic acids is 1. The fourth-order valence-electron chi connectivity index (χ4n) is 0.261. The highest BCUT2D eigenvalue weighted by Crippen LogP contribution is 1.90. The number of hydrogen-bond acceptors (Lipinski definition) is 3. The minimum Gasteiger partial charge on any atom is -0.480 e. The van der Waals surface area contributed by atoms with E-state index < -0.39 is 24.8 Å². The van der Waals surface area contributed by atoms with E-state index >= 15 is 0 Å².